The highest BCUT2D eigenvalue weighted by atomic mass is 19.3. The van der Waals surface area contributed by atoms with Crippen LogP contribution in [0.4, 0.5) is 18.9 Å². The fraction of sp³-hybridized carbons (Fsp3) is 0.238. The number of rotatable bonds is 7. The Morgan fingerprint density at radius 2 is 1.93 bits per heavy atom. The molecule has 1 aliphatic rings. The van der Waals surface area contributed by atoms with E-state index in [0.29, 0.717) is 23.4 Å². The van der Waals surface area contributed by atoms with Gasteiger partial charge in [-0.25, -0.2) is 13.2 Å². The first-order chi connectivity index (χ1) is 13.9. The van der Waals surface area contributed by atoms with Gasteiger partial charge in [-0.3, -0.25) is 14.7 Å². The number of aromatic nitrogens is 1. The smallest absolute Gasteiger partial charge is 0.272 e. The molecule has 5 nitrogen and oxygen atoms in total. The third kappa shape index (κ3) is 5.68. The van der Waals surface area contributed by atoms with Crippen molar-refractivity contribution in [2.45, 2.75) is 12.5 Å². The van der Waals surface area contributed by atoms with Crippen molar-refractivity contribution in [3.63, 3.8) is 0 Å². The maximum atomic E-state index is 13.9. The molecule has 0 bridgehead atoms. The van der Waals surface area contributed by atoms with Crippen molar-refractivity contribution in [1.29, 1.82) is 0 Å². The van der Waals surface area contributed by atoms with Gasteiger partial charge in [-0.1, -0.05) is 12.1 Å². The molecule has 1 amide bonds. The molecule has 0 atom stereocenters. The van der Waals surface area contributed by atoms with Crippen LogP contribution in [0.15, 0.2) is 48.9 Å². The van der Waals surface area contributed by atoms with E-state index in [0.717, 1.165) is 11.8 Å². The number of nitrogens with one attached hydrogen (secondary N) is 2. The first kappa shape index (κ1) is 20.6. The van der Waals surface area contributed by atoms with Crippen LogP contribution < -0.4 is 10.6 Å². The molecule has 1 aromatic heterocycles. The average molecular weight is 402 g/mol. The van der Waals surface area contributed by atoms with Crippen LogP contribution in [0.3, 0.4) is 0 Å². The summed E-state index contributed by atoms with van der Waals surface area (Å²) in [5.74, 6) is -3.46. The van der Waals surface area contributed by atoms with Crippen LogP contribution in [0.1, 0.15) is 16.7 Å². The summed E-state index contributed by atoms with van der Waals surface area (Å²) in [6.07, 6.45) is 8.49. The largest absolute Gasteiger partial charge is 0.394 e. The predicted molar refractivity (Wildman–Crippen MR) is 107 cm³/mol. The van der Waals surface area contributed by atoms with Crippen molar-refractivity contribution in [2.24, 2.45) is 0 Å². The number of pyridine rings is 1. The predicted octanol–water partition coefficient (Wildman–Crippen LogP) is 3.51. The maximum absolute atomic E-state index is 13.9. The summed E-state index contributed by atoms with van der Waals surface area (Å²) in [6.45, 7) is -0.00731. The molecule has 1 aliphatic heterocycles. The summed E-state index contributed by atoms with van der Waals surface area (Å²) in [5, 5.41) is 5.49. The monoisotopic (exact) mass is 402 g/mol. The minimum Gasteiger partial charge on any atom is -0.394 e. The third-order valence-electron chi connectivity index (χ3n) is 4.34. The molecule has 8 heteroatoms. The van der Waals surface area contributed by atoms with Crippen LogP contribution in [0, 0.1) is 5.82 Å². The topological polar surface area (TPSA) is 57.3 Å². The number of anilines is 1. The number of hydrogen-bond acceptors (Lipinski definition) is 4. The Morgan fingerprint density at radius 3 is 2.59 bits per heavy atom. The van der Waals surface area contributed by atoms with Gasteiger partial charge >= 0.3 is 0 Å². The molecule has 152 valence electrons. The van der Waals surface area contributed by atoms with E-state index in [1.165, 1.54) is 18.3 Å². The number of carbonyl (C=O) groups is 1. The summed E-state index contributed by atoms with van der Waals surface area (Å²) in [6, 6.07) is 6.99. The number of amides is 1. The molecule has 29 heavy (non-hydrogen) atoms. The molecule has 1 aromatic carbocycles. The van der Waals surface area contributed by atoms with Crippen LogP contribution >= 0.6 is 0 Å². The van der Waals surface area contributed by atoms with E-state index in [2.05, 4.69) is 15.6 Å². The standard InChI is InChI=1S/C21H21F3N4O/c1-25-9-8-18-16(10-26-11-19(18)22)4-7-20(29)27-17-5-2-15(3-6-17)12-28-13-21(23,24)14-28/h2-11,25H,12-14H2,1H3,(H,27,29)/b7-4+,9-8+. The second-order valence-electron chi connectivity index (χ2n) is 6.77. The highest BCUT2D eigenvalue weighted by Crippen LogP contribution is 2.28. The van der Waals surface area contributed by atoms with Crippen LogP contribution in [0.5, 0.6) is 0 Å². The zero-order valence-corrected chi connectivity index (χ0v) is 15.8. The van der Waals surface area contributed by atoms with Crippen molar-refractivity contribution >= 4 is 23.7 Å². The molecule has 1 fully saturated rings. The lowest BCUT2D eigenvalue weighted by molar-refractivity contribution is -0.133. The zero-order valence-electron chi connectivity index (χ0n) is 15.8. The number of alkyl halides is 2. The molecular formula is C21H21F3N4O. The lowest BCUT2D eigenvalue weighted by Crippen LogP contribution is -2.55. The molecule has 0 spiro atoms. The summed E-state index contributed by atoms with van der Waals surface area (Å²) in [5.41, 5.74) is 2.25. The zero-order chi connectivity index (χ0) is 20.9. The van der Waals surface area contributed by atoms with Crippen molar-refractivity contribution in [3.8, 4) is 0 Å². The molecule has 3 rings (SSSR count). The maximum Gasteiger partial charge on any atom is 0.272 e. The molecule has 0 radical (unpaired) electrons. The van der Waals surface area contributed by atoms with Gasteiger partial charge in [0.05, 0.1) is 19.3 Å². The highest BCUT2D eigenvalue weighted by Gasteiger charge is 2.43. The number of halogens is 3. The molecule has 2 heterocycles. The Bertz CT molecular complexity index is 918. The fourth-order valence-electron chi connectivity index (χ4n) is 2.96. The Hall–Kier alpha value is -3.13. The van der Waals surface area contributed by atoms with Gasteiger partial charge in [0.25, 0.3) is 5.92 Å². The second kappa shape index (κ2) is 8.91. The molecule has 0 saturated carbocycles. The highest BCUT2D eigenvalue weighted by molar-refractivity contribution is 6.02. The summed E-state index contributed by atoms with van der Waals surface area (Å²) in [7, 11) is 1.70. The van der Waals surface area contributed by atoms with Crippen molar-refractivity contribution < 1.29 is 18.0 Å². The minimum atomic E-state index is -2.58. The average Bonchev–Trinajstić information content (AvgIpc) is 2.66. The first-order valence-electron chi connectivity index (χ1n) is 9.02. The molecule has 0 unspecified atom stereocenters. The van der Waals surface area contributed by atoms with Crippen LogP contribution in [-0.2, 0) is 11.3 Å². The van der Waals surface area contributed by atoms with E-state index in [-0.39, 0.29) is 19.0 Å². The van der Waals surface area contributed by atoms with Gasteiger partial charge in [0, 0.05) is 42.7 Å². The van der Waals surface area contributed by atoms with E-state index in [1.807, 2.05) is 0 Å². The molecule has 0 aliphatic carbocycles. The van der Waals surface area contributed by atoms with E-state index in [1.54, 1.807) is 48.5 Å². The number of carbonyl (C=O) groups excluding carboxylic acids is 1. The van der Waals surface area contributed by atoms with Gasteiger partial charge in [0.2, 0.25) is 5.91 Å². The number of benzene rings is 1. The number of hydrogen-bond donors (Lipinski definition) is 2. The van der Waals surface area contributed by atoms with Gasteiger partial charge < -0.3 is 10.6 Å². The van der Waals surface area contributed by atoms with E-state index in [4.69, 9.17) is 0 Å². The van der Waals surface area contributed by atoms with Gasteiger partial charge in [-0.05, 0) is 36.0 Å². The Balaban J connectivity index is 1.58. The van der Waals surface area contributed by atoms with Gasteiger partial charge in [0.1, 0.15) is 5.82 Å². The quantitative estimate of drug-likeness (QED) is 0.696. The van der Waals surface area contributed by atoms with Crippen LogP contribution in [0.25, 0.3) is 12.2 Å². The van der Waals surface area contributed by atoms with E-state index >= 15 is 0 Å². The SMILES string of the molecule is CN/C=C/c1c(F)cncc1/C=C/C(=O)Nc1ccc(CN2CC(F)(F)C2)cc1. The van der Waals surface area contributed by atoms with Gasteiger partial charge in [0.15, 0.2) is 0 Å². The van der Waals surface area contributed by atoms with Crippen molar-refractivity contribution in [2.75, 3.05) is 25.5 Å². The molecular weight excluding hydrogens is 381 g/mol. The summed E-state index contributed by atoms with van der Waals surface area (Å²) < 4.78 is 39.7. The molecule has 2 aromatic rings. The Morgan fingerprint density at radius 1 is 1.21 bits per heavy atom. The van der Waals surface area contributed by atoms with Crippen LogP contribution in [0.2, 0.25) is 0 Å². The van der Waals surface area contributed by atoms with Crippen molar-refractivity contribution in [1.82, 2.24) is 15.2 Å². The Labute approximate surface area is 166 Å². The van der Waals surface area contributed by atoms with Gasteiger partial charge in [-0.15, -0.1) is 0 Å². The molecule has 2 N–H and O–H groups in total. The van der Waals surface area contributed by atoms with E-state index in [9.17, 15) is 18.0 Å². The Kier molecular flexibility index (Phi) is 6.33. The van der Waals surface area contributed by atoms with E-state index < -0.39 is 11.7 Å². The minimum absolute atomic E-state index is 0.225. The number of likely N-dealkylation sites (tertiary alicyclic amines) is 1. The normalized spacial score (nSPS) is 16.1. The summed E-state index contributed by atoms with van der Waals surface area (Å²) >= 11 is 0. The fourth-order valence-corrected chi connectivity index (χ4v) is 2.96. The lowest BCUT2D eigenvalue weighted by Gasteiger charge is -2.38. The molecule has 1 saturated heterocycles. The van der Waals surface area contributed by atoms with Gasteiger partial charge in [-0.2, -0.15) is 0 Å². The third-order valence-corrected chi connectivity index (χ3v) is 4.34. The van der Waals surface area contributed by atoms with Crippen molar-refractivity contribution in [3.05, 3.63) is 71.4 Å². The van der Waals surface area contributed by atoms with Crippen LogP contribution in [-0.4, -0.2) is 41.9 Å². The second-order valence-corrected chi connectivity index (χ2v) is 6.77. The first-order valence-corrected chi connectivity index (χ1v) is 9.02. The summed E-state index contributed by atoms with van der Waals surface area (Å²) in [4.78, 5) is 17.6. The number of nitrogens with zero attached hydrogens (tertiary/aromatic N) is 2. The lowest BCUT2D eigenvalue weighted by atomic mass is 10.1.